The van der Waals surface area contributed by atoms with Crippen molar-refractivity contribution in [2.75, 3.05) is 0 Å². The molecule has 0 spiro atoms. The fourth-order valence-corrected chi connectivity index (χ4v) is 2.21. The van der Waals surface area contributed by atoms with Crippen LogP contribution in [-0.4, -0.2) is 0 Å². The molecular weight excluding hydrogens is 250 g/mol. The van der Waals surface area contributed by atoms with Crippen LogP contribution in [0.1, 0.15) is 11.1 Å². The SMILES string of the molecule is N#CCc1ccc2c(CBr)cccc2c1. The quantitative estimate of drug-likeness (QED) is 0.753. The summed E-state index contributed by atoms with van der Waals surface area (Å²) in [5.74, 6) is 0. The molecule has 0 saturated heterocycles. The normalized spacial score (nSPS) is 10.1. The second-order valence-electron chi connectivity index (χ2n) is 3.44. The van der Waals surface area contributed by atoms with E-state index in [9.17, 15) is 0 Å². The Balaban J connectivity index is 2.59. The Kier molecular flexibility index (Phi) is 3.03. The molecule has 15 heavy (non-hydrogen) atoms. The lowest BCUT2D eigenvalue weighted by molar-refractivity contribution is 1.27. The summed E-state index contributed by atoms with van der Waals surface area (Å²) in [6.07, 6.45) is 0.481. The molecule has 0 fully saturated rings. The molecule has 2 heteroatoms. The molecule has 74 valence electrons. The van der Waals surface area contributed by atoms with E-state index in [4.69, 9.17) is 5.26 Å². The maximum Gasteiger partial charge on any atom is 0.0669 e. The van der Waals surface area contributed by atoms with Gasteiger partial charge in [-0.3, -0.25) is 0 Å². The monoisotopic (exact) mass is 259 g/mol. The molecule has 2 aromatic rings. The van der Waals surface area contributed by atoms with Gasteiger partial charge >= 0.3 is 0 Å². The molecule has 0 bridgehead atoms. The van der Waals surface area contributed by atoms with Gasteiger partial charge < -0.3 is 0 Å². The van der Waals surface area contributed by atoms with Crippen molar-refractivity contribution < 1.29 is 0 Å². The van der Waals surface area contributed by atoms with Crippen LogP contribution in [-0.2, 0) is 11.8 Å². The Bertz CT molecular complexity index is 526. The zero-order valence-corrected chi connectivity index (χ0v) is 9.79. The van der Waals surface area contributed by atoms with Crippen molar-refractivity contribution in [1.29, 1.82) is 5.26 Å². The average Bonchev–Trinajstić information content (AvgIpc) is 2.28. The molecule has 0 aliphatic carbocycles. The van der Waals surface area contributed by atoms with E-state index in [0.717, 1.165) is 10.9 Å². The van der Waals surface area contributed by atoms with E-state index >= 15 is 0 Å². The molecule has 0 aliphatic heterocycles. The Morgan fingerprint density at radius 3 is 2.80 bits per heavy atom. The maximum atomic E-state index is 8.64. The highest BCUT2D eigenvalue weighted by Crippen LogP contribution is 2.22. The summed E-state index contributed by atoms with van der Waals surface area (Å²) in [5, 5.41) is 12.0. The van der Waals surface area contributed by atoms with Gasteiger partial charge in [-0.05, 0) is 21.9 Å². The van der Waals surface area contributed by atoms with E-state index in [0.29, 0.717) is 6.42 Å². The molecule has 0 unspecified atom stereocenters. The minimum absolute atomic E-state index is 0.481. The van der Waals surface area contributed by atoms with Crippen molar-refractivity contribution in [2.45, 2.75) is 11.8 Å². The molecule has 0 amide bonds. The number of hydrogen-bond acceptors (Lipinski definition) is 1. The molecule has 0 N–H and O–H groups in total. The van der Waals surface area contributed by atoms with E-state index in [1.807, 2.05) is 6.07 Å². The summed E-state index contributed by atoms with van der Waals surface area (Å²) >= 11 is 3.48. The highest BCUT2D eigenvalue weighted by Gasteiger charge is 2.00. The van der Waals surface area contributed by atoms with Crippen molar-refractivity contribution in [1.82, 2.24) is 0 Å². The van der Waals surface area contributed by atoms with Gasteiger partial charge in [-0.2, -0.15) is 5.26 Å². The van der Waals surface area contributed by atoms with Crippen LogP contribution in [0.4, 0.5) is 0 Å². The third-order valence-corrected chi connectivity index (χ3v) is 3.07. The van der Waals surface area contributed by atoms with Crippen molar-refractivity contribution in [2.24, 2.45) is 0 Å². The van der Waals surface area contributed by atoms with Crippen LogP contribution < -0.4 is 0 Å². The molecular formula is C13H10BrN. The fourth-order valence-electron chi connectivity index (χ4n) is 1.72. The second-order valence-corrected chi connectivity index (χ2v) is 4.00. The fraction of sp³-hybridized carbons (Fsp3) is 0.154. The van der Waals surface area contributed by atoms with Crippen LogP contribution >= 0.6 is 15.9 Å². The largest absolute Gasteiger partial charge is 0.198 e. The van der Waals surface area contributed by atoms with Crippen molar-refractivity contribution in [3.63, 3.8) is 0 Å². The van der Waals surface area contributed by atoms with Crippen LogP contribution in [0.3, 0.4) is 0 Å². The summed E-state index contributed by atoms with van der Waals surface area (Å²) in [6.45, 7) is 0. The van der Waals surface area contributed by atoms with Gasteiger partial charge in [0.15, 0.2) is 0 Å². The Hall–Kier alpha value is -1.33. The molecule has 0 radical (unpaired) electrons. The molecule has 0 saturated carbocycles. The Morgan fingerprint density at radius 1 is 1.20 bits per heavy atom. The minimum atomic E-state index is 0.481. The predicted octanol–water partition coefficient (Wildman–Crippen LogP) is 3.80. The lowest BCUT2D eigenvalue weighted by atomic mass is 10.0. The number of benzene rings is 2. The molecule has 0 heterocycles. The van der Waals surface area contributed by atoms with Crippen LogP contribution in [0.2, 0.25) is 0 Å². The standard InChI is InChI=1S/C13H10BrN/c14-9-12-3-1-2-11-8-10(6-7-15)4-5-13(11)12/h1-5,8H,6,9H2. The molecule has 0 aromatic heterocycles. The van der Waals surface area contributed by atoms with E-state index in [1.165, 1.54) is 16.3 Å². The summed E-state index contributed by atoms with van der Waals surface area (Å²) in [4.78, 5) is 0. The first-order chi connectivity index (χ1) is 7.35. The van der Waals surface area contributed by atoms with E-state index in [-0.39, 0.29) is 0 Å². The topological polar surface area (TPSA) is 23.8 Å². The number of fused-ring (bicyclic) bond motifs is 1. The highest BCUT2D eigenvalue weighted by atomic mass is 79.9. The first kappa shape index (κ1) is 10.2. The second kappa shape index (κ2) is 4.46. The van der Waals surface area contributed by atoms with Gasteiger partial charge in [-0.25, -0.2) is 0 Å². The molecule has 2 rings (SSSR count). The van der Waals surface area contributed by atoms with E-state index in [1.54, 1.807) is 0 Å². The lowest BCUT2D eigenvalue weighted by Gasteiger charge is -2.04. The molecule has 0 atom stereocenters. The molecule has 0 aliphatic rings. The summed E-state index contributed by atoms with van der Waals surface area (Å²) in [5.41, 5.74) is 2.37. The van der Waals surface area contributed by atoms with Crippen LogP contribution in [0.25, 0.3) is 10.8 Å². The number of hydrogen-bond donors (Lipinski definition) is 0. The first-order valence-electron chi connectivity index (χ1n) is 4.78. The molecule has 1 nitrogen and oxygen atoms in total. The van der Waals surface area contributed by atoms with Gasteiger partial charge in [0.2, 0.25) is 0 Å². The van der Waals surface area contributed by atoms with E-state index in [2.05, 4.69) is 52.3 Å². The number of nitriles is 1. The van der Waals surface area contributed by atoms with Crippen molar-refractivity contribution in [3.8, 4) is 6.07 Å². The minimum Gasteiger partial charge on any atom is -0.198 e. The lowest BCUT2D eigenvalue weighted by Crippen LogP contribution is -1.85. The van der Waals surface area contributed by atoms with Crippen LogP contribution in [0, 0.1) is 11.3 Å². The summed E-state index contributed by atoms with van der Waals surface area (Å²) in [6, 6.07) is 14.6. The van der Waals surface area contributed by atoms with Crippen molar-refractivity contribution in [3.05, 3.63) is 47.5 Å². The average molecular weight is 260 g/mol. The third kappa shape index (κ3) is 2.03. The Labute approximate surface area is 97.5 Å². The van der Waals surface area contributed by atoms with Crippen molar-refractivity contribution >= 4 is 26.7 Å². The van der Waals surface area contributed by atoms with Gasteiger partial charge in [-0.15, -0.1) is 0 Å². The summed E-state index contributed by atoms with van der Waals surface area (Å²) < 4.78 is 0. The predicted molar refractivity (Wildman–Crippen MR) is 65.9 cm³/mol. The number of halogens is 1. The van der Waals surface area contributed by atoms with Gasteiger partial charge in [0.05, 0.1) is 12.5 Å². The number of alkyl halides is 1. The smallest absolute Gasteiger partial charge is 0.0669 e. The number of rotatable bonds is 2. The highest BCUT2D eigenvalue weighted by molar-refractivity contribution is 9.08. The van der Waals surface area contributed by atoms with Gasteiger partial charge in [0, 0.05) is 5.33 Å². The summed E-state index contributed by atoms with van der Waals surface area (Å²) in [7, 11) is 0. The van der Waals surface area contributed by atoms with Gasteiger partial charge in [-0.1, -0.05) is 52.3 Å². The molecule has 2 aromatic carbocycles. The Morgan fingerprint density at radius 2 is 2.07 bits per heavy atom. The van der Waals surface area contributed by atoms with E-state index < -0.39 is 0 Å². The first-order valence-corrected chi connectivity index (χ1v) is 5.91. The zero-order chi connectivity index (χ0) is 10.7. The maximum absolute atomic E-state index is 8.64. The number of nitrogens with zero attached hydrogens (tertiary/aromatic N) is 1. The third-order valence-electron chi connectivity index (χ3n) is 2.46. The van der Waals surface area contributed by atoms with Crippen LogP contribution in [0.5, 0.6) is 0 Å². The van der Waals surface area contributed by atoms with Gasteiger partial charge in [0.1, 0.15) is 0 Å². The van der Waals surface area contributed by atoms with Crippen LogP contribution in [0.15, 0.2) is 36.4 Å². The zero-order valence-electron chi connectivity index (χ0n) is 8.20. The van der Waals surface area contributed by atoms with Gasteiger partial charge in [0.25, 0.3) is 0 Å².